The highest BCUT2D eigenvalue weighted by molar-refractivity contribution is 6.36. The molecule has 1 N–H and O–H groups in total. The highest BCUT2D eigenvalue weighted by Gasteiger charge is 2.13. The maximum atomic E-state index is 6.31. The predicted octanol–water partition coefficient (Wildman–Crippen LogP) is 7.94. The normalized spacial score (nSPS) is 11.6. The van der Waals surface area contributed by atoms with Crippen LogP contribution in [0, 0.1) is 0 Å². The van der Waals surface area contributed by atoms with Crippen molar-refractivity contribution in [3.63, 3.8) is 0 Å². The largest absolute Gasteiger partial charge is 0.342 e. The minimum atomic E-state index is 0.167. The molecule has 0 bridgehead atoms. The molecule has 1 heterocycles. The van der Waals surface area contributed by atoms with Crippen molar-refractivity contribution in [2.75, 3.05) is 0 Å². The first-order valence-electron chi connectivity index (χ1n) is 9.99. The summed E-state index contributed by atoms with van der Waals surface area (Å²) in [6, 6.07) is 23.0. The van der Waals surface area contributed by atoms with Crippen LogP contribution in [0.2, 0.25) is 10.0 Å². The molecule has 0 aliphatic rings. The number of aromatic amines is 1. The van der Waals surface area contributed by atoms with Crippen LogP contribution in [0.1, 0.15) is 37.7 Å². The summed E-state index contributed by atoms with van der Waals surface area (Å²) >= 11 is 12.3. The smallest absolute Gasteiger partial charge is 0.110 e. The van der Waals surface area contributed by atoms with E-state index in [1.807, 2.05) is 18.3 Å². The Balaban J connectivity index is 1.48. The zero-order valence-corrected chi connectivity index (χ0v) is 18.9. The van der Waals surface area contributed by atoms with E-state index in [9.17, 15) is 0 Å². The minimum absolute atomic E-state index is 0.167. The number of hydrogen-bond donors (Lipinski definition) is 1. The van der Waals surface area contributed by atoms with E-state index in [4.69, 9.17) is 23.2 Å². The molecule has 0 saturated heterocycles. The lowest BCUT2D eigenvalue weighted by atomic mass is 9.86. The van der Waals surface area contributed by atoms with E-state index in [-0.39, 0.29) is 5.41 Å². The molecule has 1 aromatic heterocycles. The van der Waals surface area contributed by atoms with Gasteiger partial charge in [-0.25, -0.2) is 4.98 Å². The lowest BCUT2D eigenvalue weighted by Crippen LogP contribution is -2.10. The average Bonchev–Trinajstić information content (AvgIpc) is 3.16. The molecular formula is C26H24Cl2N2. The average molecular weight is 435 g/mol. The quantitative estimate of drug-likeness (QED) is 0.346. The second-order valence-corrected chi connectivity index (χ2v) is 9.41. The van der Waals surface area contributed by atoms with Crippen LogP contribution in [0.3, 0.4) is 0 Å². The number of H-pyrrole nitrogens is 1. The number of halogens is 2. The third-order valence-electron chi connectivity index (χ3n) is 5.26. The monoisotopic (exact) mass is 434 g/mol. The van der Waals surface area contributed by atoms with Crippen LogP contribution < -0.4 is 0 Å². The van der Waals surface area contributed by atoms with Gasteiger partial charge in [-0.1, -0.05) is 92.5 Å². The molecule has 0 fully saturated rings. The van der Waals surface area contributed by atoms with Crippen LogP contribution in [-0.4, -0.2) is 9.97 Å². The summed E-state index contributed by atoms with van der Waals surface area (Å²) in [5.41, 5.74) is 6.95. The van der Waals surface area contributed by atoms with Gasteiger partial charge in [0.1, 0.15) is 5.82 Å². The Morgan fingerprint density at radius 2 is 1.47 bits per heavy atom. The predicted molar refractivity (Wildman–Crippen MR) is 127 cm³/mol. The van der Waals surface area contributed by atoms with Crippen LogP contribution in [0.4, 0.5) is 0 Å². The van der Waals surface area contributed by atoms with E-state index in [2.05, 4.69) is 79.3 Å². The van der Waals surface area contributed by atoms with Gasteiger partial charge in [-0.15, -0.1) is 0 Å². The van der Waals surface area contributed by atoms with Crippen molar-refractivity contribution in [2.24, 2.45) is 0 Å². The van der Waals surface area contributed by atoms with Crippen molar-refractivity contribution in [2.45, 2.75) is 32.6 Å². The van der Waals surface area contributed by atoms with E-state index in [0.29, 0.717) is 10.0 Å². The van der Waals surface area contributed by atoms with E-state index in [1.54, 1.807) is 6.07 Å². The molecule has 152 valence electrons. The zero-order chi connectivity index (χ0) is 21.3. The zero-order valence-electron chi connectivity index (χ0n) is 17.3. The molecule has 4 heteroatoms. The molecule has 30 heavy (non-hydrogen) atoms. The first kappa shape index (κ1) is 20.7. The van der Waals surface area contributed by atoms with Gasteiger partial charge >= 0.3 is 0 Å². The van der Waals surface area contributed by atoms with E-state index < -0.39 is 0 Å². The molecule has 0 aliphatic carbocycles. The molecule has 0 saturated carbocycles. The van der Waals surface area contributed by atoms with Gasteiger partial charge in [-0.3, -0.25) is 0 Å². The third kappa shape index (κ3) is 4.61. The molecule has 3 aromatic carbocycles. The van der Waals surface area contributed by atoms with Gasteiger partial charge in [0.05, 0.1) is 16.9 Å². The number of rotatable bonds is 4. The number of nitrogens with one attached hydrogen (secondary N) is 1. The third-order valence-corrected chi connectivity index (χ3v) is 5.81. The maximum Gasteiger partial charge on any atom is 0.110 e. The van der Waals surface area contributed by atoms with Crippen molar-refractivity contribution in [3.8, 4) is 22.4 Å². The molecule has 0 radical (unpaired) electrons. The molecule has 0 amide bonds. The fourth-order valence-electron chi connectivity index (χ4n) is 3.47. The summed E-state index contributed by atoms with van der Waals surface area (Å²) in [4.78, 5) is 7.88. The molecule has 4 aromatic rings. The van der Waals surface area contributed by atoms with Crippen LogP contribution in [-0.2, 0) is 11.8 Å². The van der Waals surface area contributed by atoms with Crippen molar-refractivity contribution in [1.29, 1.82) is 0 Å². The lowest BCUT2D eigenvalue weighted by Gasteiger charge is -2.19. The highest BCUT2D eigenvalue weighted by Crippen LogP contribution is 2.30. The number of nitrogens with zero attached hydrogens (tertiary/aromatic N) is 1. The summed E-state index contributed by atoms with van der Waals surface area (Å²) in [6.45, 7) is 6.70. The second-order valence-electron chi connectivity index (χ2n) is 8.57. The van der Waals surface area contributed by atoms with Crippen molar-refractivity contribution < 1.29 is 0 Å². The van der Waals surface area contributed by atoms with Crippen LogP contribution in [0.5, 0.6) is 0 Å². The van der Waals surface area contributed by atoms with Gasteiger partial charge in [0.15, 0.2) is 0 Å². The Kier molecular flexibility index (Phi) is 5.73. The SMILES string of the molecule is CC(C)(C)c1ccc(-c2ccc(Cc3ncc(-c4ccc(Cl)cc4Cl)[nH]3)cc2)cc1. The molecule has 0 spiro atoms. The van der Waals surface area contributed by atoms with E-state index in [1.165, 1.54) is 22.3 Å². The van der Waals surface area contributed by atoms with Crippen LogP contribution in [0.25, 0.3) is 22.4 Å². The Bertz CT molecular complexity index is 1150. The summed E-state index contributed by atoms with van der Waals surface area (Å²) in [5.74, 6) is 0.901. The first-order valence-corrected chi connectivity index (χ1v) is 10.7. The molecule has 0 unspecified atom stereocenters. The van der Waals surface area contributed by atoms with E-state index in [0.717, 1.165) is 23.5 Å². The van der Waals surface area contributed by atoms with Crippen LogP contribution in [0.15, 0.2) is 72.9 Å². The Morgan fingerprint density at radius 1 is 0.833 bits per heavy atom. The molecule has 0 atom stereocenters. The summed E-state index contributed by atoms with van der Waals surface area (Å²) < 4.78 is 0. The standard InChI is InChI=1S/C26H24Cl2N2/c1-26(2,3)20-10-8-19(9-11-20)18-6-4-17(5-7-18)14-25-29-16-24(30-25)22-13-12-21(27)15-23(22)28/h4-13,15-16H,14H2,1-3H3,(H,29,30). The number of benzene rings is 3. The number of hydrogen-bond acceptors (Lipinski definition) is 1. The number of imidazole rings is 1. The fourth-order valence-corrected chi connectivity index (χ4v) is 3.98. The molecule has 2 nitrogen and oxygen atoms in total. The molecule has 4 rings (SSSR count). The Morgan fingerprint density at radius 3 is 2.07 bits per heavy atom. The summed E-state index contributed by atoms with van der Waals surface area (Å²) in [5, 5.41) is 1.23. The Hall–Kier alpha value is -2.55. The van der Waals surface area contributed by atoms with Crippen molar-refractivity contribution in [1.82, 2.24) is 9.97 Å². The van der Waals surface area contributed by atoms with Crippen molar-refractivity contribution in [3.05, 3.63) is 99.9 Å². The van der Waals surface area contributed by atoms with Gasteiger partial charge in [-0.05, 0) is 45.9 Å². The summed E-state index contributed by atoms with van der Waals surface area (Å²) in [6.07, 6.45) is 2.55. The van der Waals surface area contributed by atoms with Crippen molar-refractivity contribution >= 4 is 23.2 Å². The van der Waals surface area contributed by atoms with Gasteiger partial charge in [-0.2, -0.15) is 0 Å². The highest BCUT2D eigenvalue weighted by atomic mass is 35.5. The van der Waals surface area contributed by atoms with Gasteiger partial charge in [0, 0.05) is 17.0 Å². The molecular weight excluding hydrogens is 411 g/mol. The van der Waals surface area contributed by atoms with E-state index >= 15 is 0 Å². The Labute approximate surface area is 187 Å². The van der Waals surface area contributed by atoms with Gasteiger partial charge in [0.2, 0.25) is 0 Å². The van der Waals surface area contributed by atoms with Gasteiger partial charge < -0.3 is 4.98 Å². The second kappa shape index (κ2) is 8.29. The maximum absolute atomic E-state index is 6.31. The lowest BCUT2D eigenvalue weighted by molar-refractivity contribution is 0.590. The van der Waals surface area contributed by atoms with Gasteiger partial charge in [0.25, 0.3) is 0 Å². The minimum Gasteiger partial charge on any atom is -0.342 e. The number of aromatic nitrogens is 2. The van der Waals surface area contributed by atoms with Crippen LogP contribution >= 0.6 is 23.2 Å². The topological polar surface area (TPSA) is 28.7 Å². The summed E-state index contributed by atoms with van der Waals surface area (Å²) in [7, 11) is 0. The molecule has 0 aliphatic heterocycles. The first-order chi connectivity index (χ1) is 14.3. The fraction of sp³-hybridized carbons (Fsp3) is 0.192.